The van der Waals surface area contributed by atoms with Gasteiger partial charge in [-0.05, 0) is 56.2 Å². The summed E-state index contributed by atoms with van der Waals surface area (Å²) in [7, 11) is 5.83. The minimum absolute atomic E-state index is 0.167. The van der Waals surface area contributed by atoms with Gasteiger partial charge in [-0.25, -0.2) is 9.59 Å². The van der Waals surface area contributed by atoms with E-state index in [2.05, 4.69) is 5.32 Å². The number of aliphatic hydroxyl groups excluding tert-OH is 1. The molecule has 1 fully saturated rings. The van der Waals surface area contributed by atoms with Crippen LogP contribution in [0.5, 0.6) is 5.75 Å². The maximum atomic E-state index is 14.1. The van der Waals surface area contributed by atoms with Gasteiger partial charge in [0.05, 0.1) is 25.3 Å². The Hall–Kier alpha value is -4.63. The Morgan fingerprint density at radius 2 is 1.87 bits per heavy atom. The molecule has 2 aromatic carbocycles. The van der Waals surface area contributed by atoms with Crippen LogP contribution in [0.4, 0.5) is 16.2 Å². The highest BCUT2D eigenvalue weighted by Gasteiger charge is 2.48. The van der Waals surface area contributed by atoms with Crippen molar-refractivity contribution in [1.82, 2.24) is 10.2 Å². The summed E-state index contributed by atoms with van der Waals surface area (Å²) in [6, 6.07) is 8.72. The number of ether oxygens (including phenoxy) is 4. The number of halogens is 1. The number of esters is 1. The van der Waals surface area contributed by atoms with Gasteiger partial charge in [0, 0.05) is 50.7 Å². The molecule has 14 nitrogen and oxygen atoms in total. The molecule has 5 N–H and O–H groups in total. The number of carbonyl (C=O) groups excluding carboxylic acids is 4. The molecular formula is C39H51ClN4O10. The fraction of sp³-hybridized carbons (Fsp3) is 0.487. The predicted molar refractivity (Wildman–Crippen MR) is 203 cm³/mol. The number of nitrogens with one attached hydrogen (secondary N) is 1. The van der Waals surface area contributed by atoms with E-state index >= 15 is 0 Å². The molecule has 1 saturated heterocycles. The molecule has 4 rings (SSSR count). The van der Waals surface area contributed by atoms with Crippen LogP contribution in [0.25, 0.3) is 0 Å². The normalized spacial score (nSPS) is 28.8. The van der Waals surface area contributed by atoms with E-state index in [1.54, 1.807) is 56.3 Å². The topological polar surface area (TPSA) is 190 Å². The number of nitrogens with zero attached hydrogens (tertiary/aromatic N) is 2. The van der Waals surface area contributed by atoms with E-state index in [-0.39, 0.29) is 17.0 Å². The predicted octanol–water partition coefficient (Wildman–Crippen LogP) is 4.25. The number of hydrogen-bond donors (Lipinski definition) is 4. The van der Waals surface area contributed by atoms with Crippen molar-refractivity contribution in [3.05, 3.63) is 76.3 Å². The Kier molecular flexibility index (Phi) is 13.8. The first kappa shape index (κ1) is 42.1. The summed E-state index contributed by atoms with van der Waals surface area (Å²) in [5.41, 5.74) is 6.61. The Labute approximate surface area is 320 Å². The van der Waals surface area contributed by atoms with Crippen LogP contribution in [0, 0.1) is 11.8 Å². The van der Waals surface area contributed by atoms with Gasteiger partial charge in [-0.1, -0.05) is 55.3 Å². The molecular weight excluding hydrogens is 720 g/mol. The summed E-state index contributed by atoms with van der Waals surface area (Å²) in [4.78, 5) is 56.5. The van der Waals surface area contributed by atoms with Crippen LogP contribution in [0.2, 0.25) is 5.02 Å². The monoisotopic (exact) mass is 770 g/mol. The number of methoxy groups -OCH3 is 2. The number of alkyl carbamates (subject to hydrolysis) is 1. The van der Waals surface area contributed by atoms with Gasteiger partial charge in [-0.3, -0.25) is 14.9 Å². The van der Waals surface area contributed by atoms with Crippen LogP contribution >= 0.6 is 11.6 Å². The molecule has 2 heterocycles. The molecule has 0 radical (unpaired) electrons. The van der Waals surface area contributed by atoms with E-state index in [0.717, 1.165) is 11.1 Å². The van der Waals surface area contributed by atoms with E-state index in [0.29, 0.717) is 23.5 Å². The smallest absolute Gasteiger partial charge is 0.409 e. The number of benzene rings is 2. The van der Waals surface area contributed by atoms with Gasteiger partial charge < -0.3 is 44.7 Å². The summed E-state index contributed by atoms with van der Waals surface area (Å²) >= 11 is 6.73. The lowest BCUT2D eigenvalue weighted by Crippen LogP contribution is -2.64. The van der Waals surface area contributed by atoms with Gasteiger partial charge in [-0.2, -0.15) is 0 Å². The molecule has 8 atom stereocenters. The third-order valence-corrected chi connectivity index (χ3v) is 10.6. The third kappa shape index (κ3) is 9.53. The third-order valence-electron chi connectivity index (χ3n) is 10.3. The number of nitrogens with two attached hydrogens (primary N) is 1. The first-order valence-electron chi connectivity index (χ1n) is 17.6. The molecule has 54 heavy (non-hydrogen) atoms. The number of likely N-dealkylation sites (N-methyl/N-ethyl adjacent to an activating group) is 1. The maximum Gasteiger partial charge on any atom is 0.409 e. The number of carbonyl (C=O) groups is 4. The van der Waals surface area contributed by atoms with Crippen molar-refractivity contribution < 1.29 is 48.3 Å². The van der Waals surface area contributed by atoms with Crippen molar-refractivity contribution in [1.29, 1.82) is 0 Å². The molecule has 0 saturated carbocycles. The van der Waals surface area contributed by atoms with Gasteiger partial charge in [0.25, 0.3) is 5.91 Å². The van der Waals surface area contributed by atoms with Crippen molar-refractivity contribution in [3.63, 3.8) is 0 Å². The van der Waals surface area contributed by atoms with Gasteiger partial charge in [-0.15, -0.1) is 0 Å². The summed E-state index contributed by atoms with van der Waals surface area (Å²) in [5, 5.41) is 26.1. The molecule has 15 heteroatoms. The molecule has 0 aliphatic carbocycles. The van der Waals surface area contributed by atoms with Crippen molar-refractivity contribution >= 4 is 46.9 Å². The molecule has 4 bridgehead atoms. The van der Waals surface area contributed by atoms with Crippen LogP contribution in [-0.2, 0) is 30.2 Å². The summed E-state index contributed by atoms with van der Waals surface area (Å²) in [6.07, 6.45) is -0.517. The number of anilines is 2. The molecule has 1 unspecified atom stereocenters. The summed E-state index contributed by atoms with van der Waals surface area (Å²) in [5.74, 6) is -3.25. The van der Waals surface area contributed by atoms with E-state index in [4.69, 9.17) is 36.3 Å². The van der Waals surface area contributed by atoms with E-state index in [1.165, 1.54) is 51.1 Å². The van der Waals surface area contributed by atoms with Crippen molar-refractivity contribution in [3.8, 4) is 5.75 Å². The molecule has 2 aliphatic heterocycles. The number of amides is 3. The lowest BCUT2D eigenvalue weighted by molar-refractivity contribution is -0.165. The number of allylic oxidation sites excluding steroid dienone is 3. The van der Waals surface area contributed by atoms with Crippen molar-refractivity contribution in [2.24, 2.45) is 11.8 Å². The Balaban J connectivity index is 1.76. The van der Waals surface area contributed by atoms with E-state index in [9.17, 15) is 29.4 Å². The fourth-order valence-corrected chi connectivity index (χ4v) is 6.96. The van der Waals surface area contributed by atoms with Crippen LogP contribution < -0.4 is 20.7 Å². The fourth-order valence-electron chi connectivity index (χ4n) is 6.65. The van der Waals surface area contributed by atoms with E-state index < -0.39 is 78.3 Å². The van der Waals surface area contributed by atoms with Crippen molar-refractivity contribution in [2.45, 2.75) is 83.1 Å². The highest BCUT2D eigenvalue weighted by Crippen LogP contribution is 2.38. The largest absolute Gasteiger partial charge is 0.495 e. The average molecular weight is 771 g/mol. The number of fused-ring (bicyclic) bond motifs is 4. The molecule has 0 spiro atoms. The zero-order valence-corrected chi connectivity index (χ0v) is 32.6. The summed E-state index contributed by atoms with van der Waals surface area (Å²) in [6.45, 7) is 6.61. The first-order chi connectivity index (χ1) is 25.4. The standard InChI is InChI=1S/C39H51ClN4O10/c1-21-11-9-14-32(52-8)39(50)20-31(54-38(49)42-39)23(3)35(46)22(2)29(19-33(45)44(6)28-16-25(15-21)17-30(51-7)34(28)40)53-37(48)24(4)43(5)36(47)26-12-10-13-27(41)18-26/h9-14,16-18,22-24,29,31-32,35,46,50H,15,19-20,41H2,1-8H3,(H,42,49)/b14-9+,21-11+/t22?,23-,24+,29+,31+,32-,35-,39+/m1/s1. The second-order valence-corrected chi connectivity index (χ2v) is 14.5. The highest BCUT2D eigenvalue weighted by molar-refractivity contribution is 6.35. The van der Waals surface area contributed by atoms with E-state index in [1.807, 2.05) is 13.0 Å². The lowest BCUT2D eigenvalue weighted by Gasteiger charge is -2.43. The second-order valence-electron chi connectivity index (χ2n) is 14.1. The van der Waals surface area contributed by atoms with Crippen LogP contribution in [0.3, 0.4) is 0 Å². The minimum atomic E-state index is -1.91. The lowest BCUT2D eigenvalue weighted by atomic mass is 9.81. The highest BCUT2D eigenvalue weighted by atomic mass is 35.5. The zero-order chi connectivity index (χ0) is 40.1. The van der Waals surface area contributed by atoms with Crippen molar-refractivity contribution in [2.75, 3.05) is 38.9 Å². The van der Waals surface area contributed by atoms with Crippen LogP contribution in [-0.4, -0.2) is 103 Å². The Morgan fingerprint density at radius 3 is 2.52 bits per heavy atom. The minimum Gasteiger partial charge on any atom is -0.495 e. The quantitative estimate of drug-likeness (QED) is 0.243. The molecule has 294 valence electrons. The Bertz CT molecular complexity index is 1790. The number of nitrogen functional groups attached to an aromatic ring is 1. The maximum absolute atomic E-state index is 14.1. The SMILES string of the molecule is COc1cc2cc(c1Cl)N(C)C(=O)C[C@H](OC(=O)[C@H](C)N(C)C(=O)c1cccc(N)c1)C(C)[C@@H](O)[C@H](C)[C@@H]1C[C@@](O)(NC(=O)O1)[C@H](OC)/C=C/C=C(\C)C2. The van der Waals surface area contributed by atoms with Gasteiger partial charge >= 0.3 is 12.1 Å². The average Bonchev–Trinajstić information content (AvgIpc) is 3.13. The Morgan fingerprint density at radius 1 is 1.17 bits per heavy atom. The molecule has 3 amide bonds. The van der Waals surface area contributed by atoms with Gasteiger partial charge in [0.1, 0.15) is 35.1 Å². The zero-order valence-electron chi connectivity index (χ0n) is 31.9. The van der Waals surface area contributed by atoms with Crippen LogP contribution in [0.1, 0.15) is 56.5 Å². The first-order valence-corrected chi connectivity index (χ1v) is 18.0. The second kappa shape index (κ2) is 17.7. The number of rotatable bonds is 6. The molecule has 2 aliphatic rings. The van der Waals surface area contributed by atoms with Gasteiger partial charge in [0.2, 0.25) is 5.91 Å². The van der Waals surface area contributed by atoms with Crippen LogP contribution in [0.15, 0.2) is 60.2 Å². The molecule has 2 aromatic rings. The number of hydrogen-bond acceptors (Lipinski definition) is 11. The summed E-state index contributed by atoms with van der Waals surface area (Å²) < 4.78 is 22.7. The number of aliphatic hydroxyl groups is 2. The molecule has 0 aromatic heterocycles. The van der Waals surface area contributed by atoms with Gasteiger partial charge in [0.15, 0.2) is 5.72 Å².